The van der Waals surface area contributed by atoms with E-state index in [-0.39, 0.29) is 0 Å². The first-order chi connectivity index (χ1) is 9.38. The van der Waals surface area contributed by atoms with Crippen LogP contribution in [-0.2, 0) is 12.6 Å². The van der Waals surface area contributed by atoms with Crippen LogP contribution in [0, 0.1) is 18.8 Å². The molecule has 0 heterocycles. The van der Waals surface area contributed by atoms with Crippen molar-refractivity contribution in [3.05, 3.63) is 34.9 Å². The van der Waals surface area contributed by atoms with Gasteiger partial charge in [0.05, 0.1) is 5.56 Å². The molecule has 0 radical (unpaired) electrons. The number of halogens is 3. The number of rotatable bonds is 3. The Morgan fingerprint density at radius 3 is 2.20 bits per heavy atom. The molecule has 0 aromatic heterocycles. The van der Waals surface area contributed by atoms with E-state index in [9.17, 15) is 13.2 Å². The summed E-state index contributed by atoms with van der Waals surface area (Å²) in [5.74, 6) is 1.07. The minimum atomic E-state index is -4.25. The highest BCUT2D eigenvalue weighted by Gasteiger charge is 2.32. The molecule has 1 saturated carbocycles. The molecular formula is C16H24F3N. The van der Waals surface area contributed by atoms with Crippen LogP contribution in [0.1, 0.15) is 43.4 Å². The highest BCUT2D eigenvalue weighted by molar-refractivity contribution is 5.31. The van der Waals surface area contributed by atoms with E-state index in [2.05, 4.69) is 0 Å². The van der Waals surface area contributed by atoms with Gasteiger partial charge < -0.3 is 5.73 Å². The van der Waals surface area contributed by atoms with Crippen LogP contribution in [0.2, 0.25) is 0 Å². The lowest BCUT2D eigenvalue weighted by molar-refractivity contribution is -0.137. The summed E-state index contributed by atoms with van der Waals surface area (Å²) < 4.78 is 38.0. The predicted octanol–water partition coefficient (Wildman–Crippen LogP) is 4.57. The lowest BCUT2D eigenvalue weighted by Crippen LogP contribution is -2.31. The van der Waals surface area contributed by atoms with E-state index in [0.29, 0.717) is 23.9 Å². The van der Waals surface area contributed by atoms with Crippen LogP contribution in [0.5, 0.6) is 0 Å². The fourth-order valence-electron chi connectivity index (χ4n) is 2.71. The molecule has 0 atom stereocenters. The molecule has 114 valence electrons. The molecule has 2 N–H and O–H groups in total. The fraction of sp³-hybridized carbons (Fsp3) is 0.625. The van der Waals surface area contributed by atoms with Gasteiger partial charge in [0.25, 0.3) is 0 Å². The molecule has 1 aromatic rings. The Balaban J connectivity index is 0.000000956. The minimum Gasteiger partial charge on any atom is -0.330 e. The molecule has 0 spiro atoms. The predicted molar refractivity (Wildman–Crippen MR) is 76.5 cm³/mol. The van der Waals surface area contributed by atoms with Gasteiger partial charge in [-0.1, -0.05) is 25.5 Å². The second kappa shape index (κ2) is 7.11. The third kappa shape index (κ3) is 4.51. The molecule has 0 bridgehead atoms. The van der Waals surface area contributed by atoms with Crippen molar-refractivity contribution >= 4 is 0 Å². The van der Waals surface area contributed by atoms with Crippen LogP contribution in [-0.4, -0.2) is 6.54 Å². The second-order valence-corrected chi connectivity index (χ2v) is 5.35. The van der Waals surface area contributed by atoms with Gasteiger partial charge in [-0.05, 0) is 62.3 Å². The average Bonchev–Trinajstić information content (AvgIpc) is 2.34. The molecule has 1 aliphatic rings. The molecule has 1 aliphatic carbocycles. The maximum Gasteiger partial charge on any atom is 0.416 e. The van der Waals surface area contributed by atoms with E-state index in [1.165, 1.54) is 12.1 Å². The van der Waals surface area contributed by atoms with Gasteiger partial charge in [-0.3, -0.25) is 0 Å². The normalized spacial score (nSPS) is 21.8. The summed E-state index contributed by atoms with van der Waals surface area (Å²) in [5, 5.41) is 0. The molecule has 20 heavy (non-hydrogen) atoms. The summed E-state index contributed by atoms with van der Waals surface area (Å²) in [7, 11) is 0. The number of hydrogen-bond donors (Lipinski definition) is 1. The third-order valence-corrected chi connectivity index (χ3v) is 3.66. The fourth-order valence-corrected chi connectivity index (χ4v) is 2.71. The van der Waals surface area contributed by atoms with Gasteiger partial charge in [-0.2, -0.15) is 13.2 Å². The van der Waals surface area contributed by atoms with Gasteiger partial charge in [-0.15, -0.1) is 0 Å². The van der Waals surface area contributed by atoms with Gasteiger partial charge in [0.15, 0.2) is 0 Å². The van der Waals surface area contributed by atoms with Crippen LogP contribution in [0.3, 0.4) is 0 Å². The highest BCUT2D eigenvalue weighted by atomic mass is 19.4. The zero-order chi connectivity index (χ0) is 15.3. The van der Waals surface area contributed by atoms with Crippen LogP contribution in [0.4, 0.5) is 13.2 Å². The van der Waals surface area contributed by atoms with E-state index >= 15 is 0 Å². The monoisotopic (exact) mass is 287 g/mol. The van der Waals surface area contributed by atoms with Gasteiger partial charge in [-0.25, -0.2) is 0 Å². The van der Waals surface area contributed by atoms with E-state index in [1.54, 1.807) is 6.92 Å². The Morgan fingerprint density at radius 1 is 1.10 bits per heavy atom. The van der Waals surface area contributed by atoms with E-state index < -0.39 is 11.7 Å². The molecule has 1 aromatic carbocycles. The largest absolute Gasteiger partial charge is 0.416 e. The molecule has 0 unspecified atom stereocenters. The molecule has 4 heteroatoms. The molecule has 0 aliphatic heterocycles. The lowest BCUT2D eigenvalue weighted by Gasteiger charge is -2.34. The first-order valence-corrected chi connectivity index (χ1v) is 7.26. The standard InChI is InChI=1S/C14H18F3N.C2H6/c1-9-2-10(4-11-5-12(6-11)8-18)7-13(3-9)14(15,16)17;1-2/h2-3,7,11-12H,4-6,8,18H2,1H3;1-2H3. The third-order valence-electron chi connectivity index (χ3n) is 3.66. The van der Waals surface area contributed by atoms with Gasteiger partial charge in [0.1, 0.15) is 0 Å². The van der Waals surface area contributed by atoms with Crippen molar-refractivity contribution in [3.8, 4) is 0 Å². The van der Waals surface area contributed by atoms with Gasteiger partial charge >= 0.3 is 6.18 Å². The number of hydrogen-bond acceptors (Lipinski definition) is 1. The SMILES string of the molecule is CC.Cc1cc(CC2CC(CN)C2)cc(C(F)(F)F)c1. The molecule has 0 saturated heterocycles. The summed E-state index contributed by atoms with van der Waals surface area (Å²) in [4.78, 5) is 0. The Hall–Kier alpha value is -1.03. The summed E-state index contributed by atoms with van der Waals surface area (Å²) in [6, 6.07) is 4.33. The number of aryl methyl sites for hydroxylation is 1. The zero-order valence-electron chi connectivity index (χ0n) is 12.4. The highest BCUT2D eigenvalue weighted by Crippen LogP contribution is 2.37. The Labute approximate surface area is 119 Å². The topological polar surface area (TPSA) is 26.0 Å². The van der Waals surface area contributed by atoms with Crippen molar-refractivity contribution in [2.75, 3.05) is 6.54 Å². The van der Waals surface area contributed by atoms with E-state index in [0.717, 1.165) is 24.8 Å². The van der Waals surface area contributed by atoms with Crippen molar-refractivity contribution in [2.45, 2.75) is 46.2 Å². The quantitative estimate of drug-likeness (QED) is 0.866. The molecule has 0 amide bonds. The molecule has 1 nitrogen and oxygen atoms in total. The molecule has 2 rings (SSSR count). The minimum absolute atomic E-state index is 0.501. The first-order valence-electron chi connectivity index (χ1n) is 7.26. The van der Waals surface area contributed by atoms with Crippen molar-refractivity contribution in [1.29, 1.82) is 0 Å². The summed E-state index contributed by atoms with van der Waals surface area (Å²) >= 11 is 0. The second-order valence-electron chi connectivity index (χ2n) is 5.35. The Bertz CT molecular complexity index is 420. The van der Waals surface area contributed by atoms with Crippen molar-refractivity contribution in [3.63, 3.8) is 0 Å². The maximum absolute atomic E-state index is 12.7. The summed E-state index contributed by atoms with van der Waals surface area (Å²) in [5.41, 5.74) is 6.48. The number of nitrogens with two attached hydrogens (primary N) is 1. The van der Waals surface area contributed by atoms with Crippen molar-refractivity contribution in [1.82, 2.24) is 0 Å². The number of alkyl halides is 3. The number of benzene rings is 1. The Kier molecular flexibility index (Phi) is 6.06. The average molecular weight is 287 g/mol. The summed E-state index contributed by atoms with van der Waals surface area (Å²) in [6.45, 7) is 6.40. The molecule has 1 fully saturated rings. The first kappa shape index (κ1) is 17.0. The van der Waals surface area contributed by atoms with Crippen LogP contribution >= 0.6 is 0 Å². The van der Waals surface area contributed by atoms with Crippen LogP contribution in [0.15, 0.2) is 18.2 Å². The summed E-state index contributed by atoms with van der Waals surface area (Å²) in [6.07, 6.45) is -1.42. The Morgan fingerprint density at radius 2 is 1.70 bits per heavy atom. The van der Waals surface area contributed by atoms with E-state index in [4.69, 9.17) is 5.73 Å². The molecular weight excluding hydrogens is 263 g/mol. The lowest BCUT2D eigenvalue weighted by atomic mass is 9.72. The van der Waals surface area contributed by atoms with E-state index in [1.807, 2.05) is 19.9 Å². The van der Waals surface area contributed by atoms with Crippen molar-refractivity contribution < 1.29 is 13.2 Å². The van der Waals surface area contributed by atoms with Gasteiger partial charge in [0.2, 0.25) is 0 Å². The van der Waals surface area contributed by atoms with Crippen molar-refractivity contribution in [2.24, 2.45) is 17.6 Å². The van der Waals surface area contributed by atoms with Crippen LogP contribution in [0.25, 0.3) is 0 Å². The zero-order valence-corrected chi connectivity index (χ0v) is 12.4. The van der Waals surface area contributed by atoms with Gasteiger partial charge in [0, 0.05) is 0 Å². The van der Waals surface area contributed by atoms with Crippen LogP contribution < -0.4 is 5.73 Å². The maximum atomic E-state index is 12.7. The smallest absolute Gasteiger partial charge is 0.330 e.